The molecule has 0 heterocycles. The molecule has 21 heavy (non-hydrogen) atoms. The Morgan fingerprint density at radius 3 is 2.05 bits per heavy atom. The van der Waals surface area contributed by atoms with Crippen LogP contribution in [0.15, 0.2) is 12.1 Å². The van der Waals surface area contributed by atoms with Gasteiger partial charge in [-0.05, 0) is 25.0 Å². The number of halogens is 3. The molecule has 0 radical (unpaired) electrons. The van der Waals surface area contributed by atoms with Crippen molar-refractivity contribution in [2.24, 2.45) is 0 Å². The molecule has 0 saturated heterocycles. The number of hydrogen-bond donors (Lipinski definition) is 2. The highest BCUT2D eigenvalue weighted by atomic mass is 19.2. The molecule has 114 valence electrons. The summed E-state index contributed by atoms with van der Waals surface area (Å²) in [6, 6.07) is 1.10. The van der Waals surface area contributed by atoms with Crippen LogP contribution in [0.4, 0.5) is 13.2 Å². The molecule has 0 atom stereocenters. The quantitative estimate of drug-likeness (QED) is 0.843. The Hall–Kier alpha value is -2.05. The Labute approximate surface area is 119 Å². The van der Waals surface area contributed by atoms with Crippen LogP contribution in [0.2, 0.25) is 0 Å². The van der Waals surface area contributed by atoms with Gasteiger partial charge in [0.25, 0.3) is 5.91 Å². The van der Waals surface area contributed by atoms with Gasteiger partial charge in [0.05, 0.1) is 0 Å². The molecule has 1 fully saturated rings. The highest BCUT2D eigenvalue weighted by Crippen LogP contribution is 2.29. The maximum Gasteiger partial charge on any atom is 0.329 e. The third-order valence-corrected chi connectivity index (χ3v) is 3.72. The lowest BCUT2D eigenvalue weighted by Gasteiger charge is -2.34. The molecular formula is C14H14F3NO3. The minimum Gasteiger partial charge on any atom is -0.480 e. The Morgan fingerprint density at radius 2 is 1.57 bits per heavy atom. The molecule has 1 saturated carbocycles. The van der Waals surface area contributed by atoms with Gasteiger partial charge in [-0.15, -0.1) is 0 Å². The van der Waals surface area contributed by atoms with Crippen molar-refractivity contribution in [3.05, 3.63) is 35.1 Å². The van der Waals surface area contributed by atoms with E-state index in [4.69, 9.17) is 0 Å². The largest absolute Gasteiger partial charge is 0.480 e. The van der Waals surface area contributed by atoms with Gasteiger partial charge in [-0.2, -0.15) is 0 Å². The van der Waals surface area contributed by atoms with Crippen LogP contribution in [0.3, 0.4) is 0 Å². The molecular weight excluding hydrogens is 287 g/mol. The van der Waals surface area contributed by atoms with E-state index in [-0.39, 0.29) is 12.8 Å². The number of hydrogen-bond acceptors (Lipinski definition) is 2. The second kappa shape index (κ2) is 5.75. The molecule has 0 aliphatic heterocycles. The van der Waals surface area contributed by atoms with Crippen molar-refractivity contribution in [2.75, 3.05) is 0 Å². The summed E-state index contributed by atoms with van der Waals surface area (Å²) >= 11 is 0. The third-order valence-electron chi connectivity index (χ3n) is 3.72. The van der Waals surface area contributed by atoms with Crippen LogP contribution in [-0.2, 0) is 4.79 Å². The first-order valence-electron chi connectivity index (χ1n) is 6.56. The fourth-order valence-electron chi connectivity index (χ4n) is 2.52. The fourth-order valence-corrected chi connectivity index (χ4v) is 2.52. The zero-order chi connectivity index (χ0) is 15.6. The second-order valence-corrected chi connectivity index (χ2v) is 5.16. The molecule has 1 aromatic rings. The topological polar surface area (TPSA) is 66.4 Å². The van der Waals surface area contributed by atoms with E-state index >= 15 is 0 Å². The molecule has 4 nitrogen and oxygen atoms in total. The standard InChI is InChI=1S/C14H14F3NO3/c15-9-6-8(7-10(16)11(9)17)12(19)18-14(13(20)21)4-2-1-3-5-14/h6-7H,1-5H2,(H,18,19)(H,20,21). The first-order valence-corrected chi connectivity index (χ1v) is 6.56. The predicted molar refractivity (Wildman–Crippen MR) is 67.2 cm³/mol. The molecule has 7 heteroatoms. The molecule has 2 rings (SSSR count). The summed E-state index contributed by atoms with van der Waals surface area (Å²) in [4.78, 5) is 23.4. The first kappa shape index (κ1) is 15.3. The molecule has 0 unspecified atom stereocenters. The van der Waals surface area contributed by atoms with Gasteiger partial charge in [-0.1, -0.05) is 19.3 Å². The average Bonchev–Trinajstić information content (AvgIpc) is 2.45. The molecule has 0 bridgehead atoms. The smallest absolute Gasteiger partial charge is 0.329 e. The van der Waals surface area contributed by atoms with Crippen LogP contribution in [-0.4, -0.2) is 22.5 Å². The molecule has 1 aliphatic carbocycles. The maximum absolute atomic E-state index is 13.1. The van der Waals surface area contributed by atoms with E-state index in [9.17, 15) is 27.9 Å². The van der Waals surface area contributed by atoms with Crippen LogP contribution in [0.1, 0.15) is 42.5 Å². The summed E-state index contributed by atoms with van der Waals surface area (Å²) in [7, 11) is 0. The van der Waals surface area contributed by atoms with Crippen molar-refractivity contribution in [1.29, 1.82) is 0 Å². The van der Waals surface area contributed by atoms with Gasteiger partial charge in [-0.3, -0.25) is 4.79 Å². The van der Waals surface area contributed by atoms with Crippen LogP contribution >= 0.6 is 0 Å². The van der Waals surface area contributed by atoms with E-state index in [0.717, 1.165) is 6.42 Å². The Bertz CT molecular complexity index is 560. The minimum atomic E-state index is -1.67. The monoisotopic (exact) mass is 301 g/mol. The van der Waals surface area contributed by atoms with Gasteiger partial charge >= 0.3 is 5.97 Å². The Morgan fingerprint density at radius 1 is 1.05 bits per heavy atom. The number of carbonyl (C=O) groups is 2. The third kappa shape index (κ3) is 3.01. The van der Waals surface area contributed by atoms with Crippen molar-refractivity contribution in [3.8, 4) is 0 Å². The number of rotatable bonds is 3. The lowest BCUT2D eigenvalue weighted by atomic mass is 9.81. The number of aliphatic carboxylic acids is 1. The molecule has 2 N–H and O–H groups in total. The summed E-state index contributed by atoms with van der Waals surface area (Å²) < 4.78 is 39.1. The van der Waals surface area contributed by atoms with E-state index in [1.165, 1.54) is 0 Å². The molecule has 1 amide bonds. The Balaban J connectivity index is 2.25. The summed E-state index contributed by atoms with van der Waals surface area (Å²) in [5, 5.41) is 11.6. The summed E-state index contributed by atoms with van der Waals surface area (Å²) in [5.74, 6) is -6.77. The molecule has 1 aromatic carbocycles. The summed E-state index contributed by atoms with van der Waals surface area (Å²) in [6.07, 6.45) is 2.64. The van der Waals surface area contributed by atoms with Gasteiger partial charge < -0.3 is 10.4 Å². The van der Waals surface area contributed by atoms with Crippen molar-refractivity contribution in [3.63, 3.8) is 0 Å². The van der Waals surface area contributed by atoms with Gasteiger partial charge in [0.1, 0.15) is 5.54 Å². The van der Waals surface area contributed by atoms with Crippen molar-refractivity contribution < 1.29 is 27.9 Å². The fraction of sp³-hybridized carbons (Fsp3) is 0.429. The highest BCUT2D eigenvalue weighted by Gasteiger charge is 2.41. The summed E-state index contributed by atoms with van der Waals surface area (Å²) in [5.41, 5.74) is -1.88. The van der Waals surface area contributed by atoms with E-state index in [1.54, 1.807) is 0 Å². The zero-order valence-corrected chi connectivity index (χ0v) is 11.1. The molecule has 0 spiro atoms. The maximum atomic E-state index is 13.1. The number of carboxylic acids is 1. The predicted octanol–water partition coefficient (Wildman–Crippen LogP) is 2.62. The van der Waals surface area contributed by atoms with Crippen molar-refractivity contribution in [1.82, 2.24) is 5.32 Å². The summed E-state index contributed by atoms with van der Waals surface area (Å²) in [6.45, 7) is 0. The molecule has 0 aromatic heterocycles. The number of amides is 1. The Kier molecular flexibility index (Phi) is 4.20. The van der Waals surface area contributed by atoms with Crippen molar-refractivity contribution in [2.45, 2.75) is 37.6 Å². The lowest BCUT2D eigenvalue weighted by molar-refractivity contribution is -0.145. The van der Waals surface area contributed by atoms with Crippen molar-refractivity contribution >= 4 is 11.9 Å². The minimum absolute atomic E-state index is 0.250. The van der Waals surface area contributed by atoms with Crippen LogP contribution in [0.5, 0.6) is 0 Å². The van der Waals surface area contributed by atoms with Gasteiger partial charge in [0, 0.05) is 5.56 Å². The second-order valence-electron chi connectivity index (χ2n) is 5.16. The number of carboxylic acid groups (broad SMARTS) is 1. The van der Waals surface area contributed by atoms with Gasteiger partial charge in [0.2, 0.25) is 0 Å². The number of benzene rings is 1. The lowest BCUT2D eigenvalue weighted by Crippen LogP contribution is -2.55. The van der Waals surface area contributed by atoms with Gasteiger partial charge in [-0.25, -0.2) is 18.0 Å². The van der Waals surface area contributed by atoms with E-state index in [2.05, 4.69) is 5.32 Å². The molecule has 1 aliphatic rings. The highest BCUT2D eigenvalue weighted by molar-refractivity contribution is 5.97. The zero-order valence-electron chi connectivity index (χ0n) is 11.1. The van der Waals surface area contributed by atoms with Crippen LogP contribution in [0.25, 0.3) is 0 Å². The van der Waals surface area contributed by atoms with E-state index in [0.29, 0.717) is 25.0 Å². The van der Waals surface area contributed by atoms with E-state index < -0.39 is 40.4 Å². The van der Waals surface area contributed by atoms with Crippen LogP contribution in [0, 0.1) is 17.5 Å². The van der Waals surface area contributed by atoms with Crippen LogP contribution < -0.4 is 5.32 Å². The number of nitrogens with one attached hydrogen (secondary N) is 1. The average molecular weight is 301 g/mol. The van der Waals surface area contributed by atoms with Gasteiger partial charge in [0.15, 0.2) is 17.5 Å². The first-order chi connectivity index (χ1) is 9.85. The number of carbonyl (C=O) groups excluding carboxylic acids is 1. The normalized spacial score (nSPS) is 17.3. The SMILES string of the molecule is O=C(NC1(C(=O)O)CCCCC1)c1cc(F)c(F)c(F)c1. The van der Waals surface area contributed by atoms with E-state index in [1.807, 2.05) is 0 Å².